The van der Waals surface area contributed by atoms with E-state index in [2.05, 4.69) is 36.0 Å². The van der Waals surface area contributed by atoms with Gasteiger partial charge in [-0.25, -0.2) is 4.98 Å². The lowest BCUT2D eigenvalue weighted by Crippen LogP contribution is -2.28. The zero-order chi connectivity index (χ0) is 25.8. The molecular formula is C21H24N10O2. The number of aryl methyl sites for hydroxylation is 1. The summed E-state index contributed by atoms with van der Waals surface area (Å²) >= 11 is 0. The molecule has 0 saturated heterocycles. The van der Waals surface area contributed by atoms with Crippen LogP contribution in [-0.2, 0) is 11.8 Å². The van der Waals surface area contributed by atoms with E-state index >= 15 is 0 Å². The van der Waals surface area contributed by atoms with E-state index in [1.807, 2.05) is 30.3 Å². The fraction of sp³-hybridized carbons (Fsp3) is 0.381. The Morgan fingerprint density at radius 2 is 2.03 bits per heavy atom. The summed E-state index contributed by atoms with van der Waals surface area (Å²) in [5, 5.41) is 24.5. The van der Waals surface area contributed by atoms with Gasteiger partial charge in [0.2, 0.25) is 5.91 Å². The van der Waals surface area contributed by atoms with Crippen molar-refractivity contribution in [1.29, 1.82) is 0 Å². The van der Waals surface area contributed by atoms with E-state index in [0.29, 0.717) is 17.2 Å². The molecule has 0 bridgehead atoms. The largest absolute Gasteiger partial charge is 0.363 e. The second kappa shape index (κ2) is 7.80. The molecule has 12 nitrogen and oxygen atoms in total. The van der Waals surface area contributed by atoms with Crippen LogP contribution in [0.4, 0.5) is 23.0 Å². The van der Waals surface area contributed by atoms with Crippen molar-refractivity contribution in [2.24, 2.45) is 13.0 Å². The molecule has 1 atom stereocenters. The van der Waals surface area contributed by atoms with Gasteiger partial charge in [-0.2, -0.15) is 15.0 Å². The molecule has 1 aliphatic carbocycles. The van der Waals surface area contributed by atoms with E-state index in [1.54, 1.807) is 13.2 Å². The lowest BCUT2D eigenvalue weighted by Gasteiger charge is -2.33. The quantitative estimate of drug-likeness (QED) is 0.527. The average molecular weight is 452 g/mol. The molecule has 2 aliphatic rings. The standard InChI is InChI=1S/C21H24N10O2/c1-10-15-16(29-31(4)28-15)12-7-8-23-19(18(12)30(10)3)24-13-9-14(25-20(32)11-5-6-11)26-27-17(13)21(33)22-2/h7-11H,5-6H2,1-4H3,(H,22,33)(H2,23,24,25,26,32)/t10-/m0/s1/i2D3. The summed E-state index contributed by atoms with van der Waals surface area (Å²) in [6.45, 7) is -0.737. The van der Waals surface area contributed by atoms with Crippen LogP contribution in [0.25, 0.3) is 11.3 Å². The third kappa shape index (κ3) is 3.62. The molecule has 5 rings (SSSR count). The van der Waals surface area contributed by atoms with Gasteiger partial charge in [-0.05, 0) is 25.8 Å². The SMILES string of the molecule is [2H]C([2H])([2H])NC(=O)c1nnc(NC(=O)C2CC2)cc1Nc1nccc2c1N(C)[C@@H](C)c1nn(C)nc1-2. The molecule has 12 heteroatoms. The third-order valence-corrected chi connectivity index (χ3v) is 5.82. The Morgan fingerprint density at radius 3 is 2.79 bits per heavy atom. The first-order valence-corrected chi connectivity index (χ1v) is 10.4. The smallest absolute Gasteiger partial charge is 0.273 e. The van der Waals surface area contributed by atoms with Gasteiger partial charge in [0.05, 0.1) is 17.4 Å². The van der Waals surface area contributed by atoms with Crippen molar-refractivity contribution < 1.29 is 13.7 Å². The Hall–Kier alpha value is -4.09. The minimum atomic E-state index is -2.73. The predicted molar refractivity (Wildman–Crippen MR) is 121 cm³/mol. The summed E-state index contributed by atoms with van der Waals surface area (Å²) in [5.74, 6) is -0.696. The van der Waals surface area contributed by atoms with Crippen LogP contribution < -0.4 is 20.9 Å². The van der Waals surface area contributed by atoms with Crippen molar-refractivity contribution in [2.75, 3.05) is 29.6 Å². The first-order chi connectivity index (χ1) is 17.0. The van der Waals surface area contributed by atoms with Crippen LogP contribution in [-0.4, -0.2) is 56.0 Å². The van der Waals surface area contributed by atoms with Gasteiger partial charge in [-0.15, -0.1) is 10.2 Å². The number of nitrogens with one attached hydrogen (secondary N) is 3. The molecule has 3 N–H and O–H groups in total. The molecular weight excluding hydrogens is 424 g/mol. The van der Waals surface area contributed by atoms with E-state index in [4.69, 9.17) is 4.11 Å². The highest BCUT2D eigenvalue weighted by molar-refractivity contribution is 6.00. The van der Waals surface area contributed by atoms with E-state index in [0.717, 1.165) is 24.1 Å². The monoisotopic (exact) mass is 451 g/mol. The van der Waals surface area contributed by atoms with Crippen molar-refractivity contribution >= 4 is 34.8 Å². The number of hydrogen-bond donors (Lipinski definition) is 3. The number of nitrogens with zero attached hydrogens (tertiary/aromatic N) is 7. The number of fused-ring (bicyclic) bond motifs is 3. The fourth-order valence-electron chi connectivity index (χ4n) is 3.84. The van der Waals surface area contributed by atoms with Gasteiger partial charge in [0, 0.05) is 48.9 Å². The van der Waals surface area contributed by atoms with E-state index in [9.17, 15) is 9.59 Å². The maximum Gasteiger partial charge on any atom is 0.273 e. The van der Waals surface area contributed by atoms with Gasteiger partial charge in [0.25, 0.3) is 5.91 Å². The second-order valence-electron chi connectivity index (χ2n) is 8.10. The van der Waals surface area contributed by atoms with Gasteiger partial charge >= 0.3 is 0 Å². The molecule has 170 valence electrons. The second-order valence-corrected chi connectivity index (χ2v) is 8.10. The first-order valence-electron chi connectivity index (χ1n) is 11.9. The van der Waals surface area contributed by atoms with Crippen molar-refractivity contribution in [3.63, 3.8) is 0 Å². The number of hydrogen-bond acceptors (Lipinski definition) is 9. The molecule has 1 saturated carbocycles. The number of amides is 2. The van der Waals surface area contributed by atoms with Crippen LogP contribution in [0.3, 0.4) is 0 Å². The van der Waals surface area contributed by atoms with Crippen molar-refractivity contribution in [2.45, 2.75) is 25.8 Å². The van der Waals surface area contributed by atoms with Crippen molar-refractivity contribution in [3.05, 3.63) is 29.7 Å². The van der Waals surface area contributed by atoms with Crippen LogP contribution in [0.15, 0.2) is 18.3 Å². The van der Waals surface area contributed by atoms with Crippen molar-refractivity contribution in [3.8, 4) is 11.3 Å². The van der Waals surface area contributed by atoms with Crippen LogP contribution >= 0.6 is 0 Å². The zero-order valence-electron chi connectivity index (χ0n) is 21.2. The predicted octanol–water partition coefficient (Wildman–Crippen LogP) is 1.63. The molecule has 3 aromatic rings. The maximum absolute atomic E-state index is 12.7. The van der Waals surface area contributed by atoms with Gasteiger partial charge in [-0.3, -0.25) is 9.59 Å². The number of carbonyl (C=O) groups excluding carboxylic acids is 2. The molecule has 33 heavy (non-hydrogen) atoms. The number of rotatable bonds is 5. The van der Waals surface area contributed by atoms with Crippen LogP contribution in [0.2, 0.25) is 0 Å². The first kappa shape index (κ1) is 17.5. The van der Waals surface area contributed by atoms with Crippen LogP contribution in [0.5, 0.6) is 0 Å². The number of aromatic nitrogens is 6. The van der Waals surface area contributed by atoms with E-state index in [-0.39, 0.29) is 35.1 Å². The summed E-state index contributed by atoms with van der Waals surface area (Å²) in [7, 11) is 3.64. The number of carbonyl (C=O) groups is 2. The average Bonchev–Trinajstić information content (AvgIpc) is 3.58. The molecule has 1 fully saturated rings. The van der Waals surface area contributed by atoms with Gasteiger partial charge in [0.15, 0.2) is 17.3 Å². The highest BCUT2D eigenvalue weighted by Crippen LogP contribution is 2.45. The zero-order valence-corrected chi connectivity index (χ0v) is 18.2. The minimum Gasteiger partial charge on any atom is -0.363 e. The Balaban J connectivity index is 1.56. The highest BCUT2D eigenvalue weighted by Gasteiger charge is 2.33. The summed E-state index contributed by atoms with van der Waals surface area (Å²) in [6, 6.07) is 3.14. The van der Waals surface area contributed by atoms with E-state index < -0.39 is 12.9 Å². The van der Waals surface area contributed by atoms with Crippen LogP contribution in [0.1, 0.15) is 46.1 Å². The summed E-state index contributed by atoms with van der Waals surface area (Å²) in [6.07, 6.45) is 3.20. The molecule has 3 aromatic heterocycles. The normalized spacial score (nSPS) is 18.3. The lowest BCUT2D eigenvalue weighted by molar-refractivity contribution is -0.117. The van der Waals surface area contributed by atoms with E-state index in [1.165, 1.54) is 10.9 Å². The van der Waals surface area contributed by atoms with Gasteiger partial charge in [-0.1, -0.05) is 0 Å². The highest BCUT2D eigenvalue weighted by atomic mass is 16.2. The maximum atomic E-state index is 12.7. The molecule has 2 amide bonds. The van der Waals surface area contributed by atoms with Crippen molar-refractivity contribution in [1.82, 2.24) is 35.5 Å². The molecule has 0 spiro atoms. The molecule has 4 heterocycles. The molecule has 0 aromatic carbocycles. The topological polar surface area (TPSA) is 143 Å². The van der Waals surface area contributed by atoms with Gasteiger partial charge < -0.3 is 20.9 Å². The molecule has 0 unspecified atom stereocenters. The Kier molecular flexibility index (Phi) is 4.13. The summed E-state index contributed by atoms with van der Waals surface area (Å²) in [5.41, 5.74) is 2.90. The Bertz CT molecular complexity index is 1370. The summed E-state index contributed by atoms with van der Waals surface area (Å²) in [4.78, 5) is 33.0. The number of pyridine rings is 1. The third-order valence-electron chi connectivity index (χ3n) is 5.82. The lowest BCUT2D eigenvalue weighted by atomic mass is 9.99. The minimum absolute atomic E-state index is 0.0686. The Labute approximate surface area is 194 Å². The molecule has 1 aliphatic heterocycles. The van der Waals surface area contributed by atoms with Gasteiger partial charge in [0.1, 0.15) is 11.4 Å². The molecule has 0 radical (unpaired) electrons. The van der Waals surface area contributed by atoms with Crippen LogP contribution in [0, 0.1) is 5.92 Å². The Morgan fingerprint density at radius 1 is 1.21 bits per heavy atom. The summed E-state index contributed by atoms with van der Waals surface area (Å²) < 4.78 is 22.1. The number of anilines is 4. The fourth-order valence-corrected chi connectivity index (χ4v) is 3.84.